The molecule has 1 nitrogen and oxygen atoms in total. The van der Waals surface area contributed by atoms with Gasteiger partial charge in [-0.2, -0.15) is 0 Å². The summed E-state index contributed by atoms with van der Waals surface area (Å²) in [5.41, 5.74) is 3.02. The first kappa shape index (κ1) is 16.2. The van der Waals surface area contributed by atoms with E-state index in [9.17, 15) is 4.79 Å². The van der Waals surface area contributed by atoms with Gasteiger partial charge in [-0.05, 0) is 17.5 Å². The highest BCUT2D eigenvalue weighted by Gasteiger charge is 2.30. The molecule has 3 aromatic carbocycles. The van der Waals surface area contributed by atoms with E-state index < -0.39 is 0 Å². The van der Waals surface area contributed by atoms with Crippen LogP contribution in [0.2, 0.25) is 0 Å². The summed E-state index contributed by atoms with van der Waals surface area (Å²) in [4.78, 5) is 12.8. The first-order valence-corrected chi connectivity index (χ1v) is 8.35. The maximum atomic E-state index is 12.8. The maximum Gasteiger partial charge on any atom is 0.163 e. The Labute approximate surface area is 144 Å². The van der Waals surface area contributed by atoms with E-state index in [0.717, 1.165) is 12.0 Å². The van der Waals surface area contributed by atoms with E-state index in [1.165, 1.54) is 11.1 Å². The van der Waals surface area contributed by atoms with Crippen LogP contribution < -0.4 is 0 Å². The molecule has 0 spiro atoms. The largest absolute Gasteiger partial charge is 0.294 e. The molecule has 0 heterocycles. The molecule has 1 heteroatoms. The van der Waals surface area contributed by atoms with Crippen LogP contribution in [0.1, 0.15) is 34.8 Å². The fourth-order valence-electron chi connectivity index (χ4n) is 3.23. The zero-order valence-electron chi connectivity index (χ0n) is 14.0. The zero-order valence-corrected chi connectivity index (χ0v) is 14.0. The van der Waals surface area contributed by atoms with Crippen molar-refractivity contribution in [3.05, 3.63) is 108 Å². The van der Waals surface area contributed by atoms with Crippen LogP contribution >= 0.6 is 0 Å². The van der Waals surface area contributed by atoms with Crippen molar-refractivity contribution in [1.82, 2.24) is 0 Å². The molecule has 0 aliphatic rings. The van der Waals surface area contributed by atoms with Crippen LogP contribution in [0.3, 0.4) is 0 Å². The molecule has 0 radical (unpaired) electrons. The molecule has 24 heavy (non-hydrogen) atoms. The van der Waals surface area contributed by atoms with E-state index >= 15 is 0 Å². The number of hydrogen-bond acceptors (Lipinski definition) is 1. The third-order valence-electron chi connectivity index (χ3n) is 4.55. The van der Waals surface area contributed by atoms with Gasteiger partial charge in [0.1, 0.15) is 0 Å². The summed E-state index contributed by atoms with van der Waals surface area (Å²) in [6.45, 7) is 2.19. The second-order valence-corrected chi connectivity index (χ2v) is 6.56. The molecular weight excluding hydrogens is 292 g/mol. The number of rotatable bonds is 6. The summed E-state index contributed by atoms with van der Waals surface area (Å²) >= 11 is 0. The Hall–Kier alpha value is -2.67. The molecule has 0 N–H and O–H groups in total. The van der Waals surface area contributed by atoms with E-state index in [1.807, 2.05) is 54.6 Å². The van der Waals surface area contributed by atoms with Crippen LogP contribution in [0.25, 0.3) is 0 Å². The third-order valence-corrected chi connectivity index (χ3v) is 4.55. The highest BCUT2D eigenvalue weighted by Crippen LogP contribution is 2.33. The van der Waals surface area contributed by atoms with Gasteiger partial charge in [0.15, 0.2) is 5.78 Å². The van der Waals surface area contributed by atoms with Crippen molar-refractivity contribution >= 4 is 5.78 Å². The van der Waals surface area contributed by atoms with Gasteiger partial charge in [0.05, 0.1) is 0 Å². The molecule has 0 aromatic heterocycles. The summed E-state index contributed by atoms with van der Waals surface area (Å²) in [6, 6.07) is 30.4. The van der Waals surface area contributed by atoms with Crippen molar-refractivity contribution in [2.24, 2.45) is 0 Å². The molecule has 1 atom stereocenters. The minimum atomic E-state index is -0.227. The molecule has 0 fully saturated rings. The van der Waals surface area contributed by atoms with Gasteiger partial charge in [0.2, 0.25) is 0 Å². The molecule has 3 aromatic rings. The van der Waals surface area contributed by atoms with Crippen molar-refractivity contribution < 1.29 is 4.79 Å². The van der Waals surface area contributed by atoms with Crippen LogP contribution in [0.5, 0.6) is 0 Å². The lowest BCUT2D eigenvalue weighted by atomic mass is 9.73. The number of carbonyl (C=O) groups is 1. The second-order valence-electron chi connectivity index (χ2n) is 6.56. The van der Waals surface area contributed by atoms with Gasteiger partial charge >= 0.3 is 0 Å². The van der Waals surface area contributed by atoms with Crippen LogP contribution in [0, 0.1) is 0 Å². The van der Waals surface area contributed by atoms with E-state index in [2.05, 4.69) is 43.3 Å². The number of carbonyl (C=O) groups excluding carboxylic acids is 1. The van der Waals surface area contributed by atoms with Crippen LogP contribution in [-0.4, -0.2) is 5.78 Å². The normalized spacial score (nSPS) is 13.2. The molecule has 0 saturated heterocycles. The smallest absolute Gasteiger partial charge is 0.163 e. The van der Waals surface area contributed by atoms with Crippen LogP contribution in [0.15, 0.2) is 91.0 Å². The zero-order chi connectivity index (χ0) is 16.8. The quantitative estimate of drug-likeness (QED) is 0.552. The molecule has 3 rings (SSSR count). The summed E-state index contributed by atoms with van der Waals surface area (Å²) in [5.74, 6) is 0.192. The molecule has 0 unspecified atom stereocenters. The topological polar surface area (TPSA) is 17.1 Å². The molecule has 0 bridgehead atoms. The van der Waals surface area contributed by atoms with Crippen molar-refractivity contribution in [3.8, 4) is 0 Å². The number of hydrogen-bond donors (Lipinski definition) is 0. The minimum Gasteiger partial charge on any atom is -0.294 e. The number of benzene rings is 3. The monoisotopic (exact) mass is 314 g/mol. The molecule has 0 aliphatic carbocycles. The Morgan fingerprint density at radius 2 is 1.25 bits per heavy atom. The molecule has 0 aliphatic heterocycles. The summed E-state index contributed by atoms with van der Waals surface area (Å²) in [5, 5.41) is 0. The van der Waals surface area contributed by atoms with Crippen molar-refractivity contribution in [2.45, 2.75) is 25.2 Å². The van der Waals surface area contributed by atoms with Gasteiger partial charge in [0.25, 0.3) is 0 Å². The lowest BCUT2D eigenvalue weighted by molar-refractivity contribution is 0.0953. The lowest BCUT2D eigenvalue weighted by Crippen LogP contribution is -2.28. The number of Topliss-reactive ketones (excluding diaryl/α,β-unsaturated/α-hetero) is 1. The van der Waals surface area contributed by atoms with Gasteiger partial charge in [-0.1, -0.05) is 97.9 Å². The Morgan fingerprint density at radius 1 is 0.750 bits per heavy atom. The van der Waals surface area contributed by atoms with Crippen LogP contribution in [0.4, 0.5) is 0 Å². The van der Waals surface area contributed by atoms with Crippen LogP contribution in [-0.2, 0) is 11.8 Å². The van der Waals surface area contributed by atoms with Crippen molar-refractivity contribution in [1.29, 1.82) is 0 Å². The highest BCUT2D eigenvalue weighted by molar-refractivity contribution is 5.96. The Bertz CT molecular complexity index is 778. The van der Waals surface area contributed by atoms with E-state index in [0.29, 0.717) is 6.42 Å². The Kier molecular flexibility index (Phi) is 4.90. The van der Waals surface area contributed by atoms with Gasteiger partial charge in [-0.3, -0.25) is 4.79 Å². The predicted molar refractivity (Wildman–Crippen MR) is 99.3 cm³/mol. The fourth-order valence-corrected chi connectivity index (χ4v) is 3.23. The summed E-state index contributed by atoms with van der Waals surface area (Å²) in [7, 11) is 0. The third kappa shape index (κ3) is 3.80. The first-order chi connectivity index (χ1) is 11.7. The second kappa shape index (κ2) is 7.27. The molecular formula is C23H22O. The van der Waals surface area contributed by atoms with Gasteiger partial charge < -0.3 is 0 Å². The number of ketones is 1. The highest BCUT2D eigenvalue weighted by atomic mass is 16.1. The fraction of sp³-hybridized carbons (Fsp3) is 0.174. The molecule has 0 amide bonds. The molecule has 0 saturated carbocycles. The van der Waals surface area contributed by atoms with Gasteiger partial charge in [0, 0.05) is 17.4 Å². The average molecular weight is 314 g/mol. The SMILES string of the molecule is C[C@@](CC(=O)c1ccccc1)(Cc1ccccc1)c1ccccc1. The van der Waals surface area contributed by atoms with Gasteiger partial charge in [-0.15, -0.1) is 0 Å². The van der Waals surface area contributed by atoms with E-state index in [-0.39, 0.29) is 11.2 Å². The lowest BCUT2D eigenvalue weighted by Gasteiger charge is -2.30. The Morgan fingerprint density at radius 3 is 1.83 bits per heavy atom. The van der Waals surface area contributed by atoms with E-state index in [4.69, 9.17) is 0 Å². The first-order valence-electron chi connectivity index (χ1n) is 8.35. The summed E-state index contributed by atoms with van der Waals surface area (Å²) < 4.78 is 0. The standard InChI is InChI=1S/C23H22O/c1-23(21-15-9-4-10-16-21,17-19-11-5-2-6-12-19)18-22(24)20-13-7-3-8-14-20/h2-16H,17-18H2,1H3/t23-/m0/s1. The summed E-state index contributed by atoms with van der Waals surface area (Å²) in [6.07, 6.45) is 1.34. The minimum absolute atomic E-state index is 0.192. The van der Waals surface area contributed by atoms with Crippen molar-refractivity contribution in [2.75, 3.05) is 0 Å². The van der Waals surface area contributed by atoms with E-state index in [1.54, 1.807) is 0 Å². The predicted octanol–water partition coefficient (Wildman–Crippen LogP) is 5.46. The Balaban J connectivity index is 1.92. The average Bonchev–Trinajstić information content (AvgIpc) is 2.64. The van der Waals surface area contributed by atoms with Crippen molar-refractivity contribution in [3.63, 3.8) is 0 Å². The van der Waals surface area contributed by atoms with Gasteiger partial charge in [-0.25, -0.2) is 0 Å². The maximum absolute atomic E-state index is 12.8. The molecule has 120 valence electrons.